The van der Waals surface area contributed by atoms with Crippen LogP contribution in [0.25, 0.3) is 16.7 Å². The van der Waals surface area contributed by atoms with Crippen LogP contribution in [0.4, 0.5) is 18.9 Å². The van der Waals surface area contributed by atoms with Crippen LogP contribution in [-0.2, 0) is 17.4 Å². The number of benzene rings is 1. The molecule has 0 saturated heterocycles. The molecule has 1 amide bonds. The molecule has 3 aromatic heterocycles. The van der Waals surface area contributed by atoms with Gasteiger partial charge in [-0.3, -0.25) is 9.78 Å². The summed E-state index contributed by atoms with van der Waals surface area (Å²) >= 11 is 0. The molecule has 0 radical (unpaired) electrons. The number of amides is 1. The molecule has 31 heavy (non-hydrogen) atoms. The number of nitrogens with zero attached hydrogens (tertiary/aromatic N) is 4. The number of para-hydroxylation sites is 1. The molecule has 4 rings (SSSR count). The van der Waals surface area contributed by atoms with E-state index in [9.17, 15) is 18.0 Å². The van der Waals surface area contributed by atoms with Crippen molar-refractivity contribution >= 4 is 22.5 Å². The minimum atomic E-state index is -4.46. The first kappa shape index (κ1) is 20.5. The highest BCUT2D eigenvalue weighted by atomic mass is 19.4. The molecular weight excluding hydrogens is 407 g/mol. The maximum Gasteiger partial charge on any atom is 0.417 e. The molecule has 4 aromatic rings. The first-order valence-electron chi connectivity index (χ1n) is 9.46. The number of pyridine rings is 2. The first-order valence-corrected chi connectivity index (χ1v) is 9.46. The highest BCUT2D eigenvalue weighted by molar-refractivity contribution is 6.00. The lowest BCUT2D eigenvalue weighted by Gasteiger charge is -2.09. The summed E-state index contributed by atoms with van der Waals surface area (Å²) in [6, 6.07) is 11.5. The molecule has 0 saturated carbocycles. The molecular formula is C22H18F3N5O. The van der Waals surface area contributed by atoms with E-state index < -0.39 is 11.7 Å². The number of anilines is 1. The molecule has 158 valence electrons. The third-order valence-electron chi connectivity index (χ3n) is 4.98. The smallest absolute Gasteiger partial charge is 0.324 e. The molecule has 0 atom stereocenters. The van der Waals surface area contributed by atoms with Gasteiger partial charge in [-0.05, 0) is 38.1 Å². The minimum absolute atomic E-state index is 0.0571. The summed E-state index contributed by atoms with van der Waals surface area (Å²) in [4.78, 5) is 20.9. The molecule has 0 aliphatic rings. The van der Waals surface area contributed by atoms with Crippen LogP contribution in [0.5, 0.6) is 0 Å². The highest BCUT2D eigenvalue weighted by Gasteiger charge is 2.31. The van der Waals surface area contributed by atoms with Crippen LogP contribution in [0, 0.1) is 13.8 Å². The summed E-state index contributed by atoms with van der Waals surface area (Å²) in [7, 11) is 0. The zero-order valence-corrected chi connectivity index (χ0v) is 16.7. The van der Waals surface area contributed by atoms with Crippen LogP contribution in [0.2, 0.25) is 0 Å². The van der Waals surface area contributed by atoms with Gasteiger partial charge in [0.25, 0.3) is 0 Å². The first-order chi connectivity index (χ1) is 14.7. The molecule has 3 heterocycles. The van der Waals surface area contributed by atoms with E-state index >= 15 is 0 Å². The van der Waals surface area contributed by atoms with Crippen LogP contribution >= 0.6 is 0 Å². The summed E-state index contributed by atoms with van der Waals surface area (Å²) in [5.74, 6) is 0.00259. The number of hydrogen-bond acceptors (Lipinski definition) is 4. The Kier molecular flexibility index (Phi) is 5.18. The van der Waals surface area contributed by atoms with Crippen LogP contribution in [0.3, 0.4) is 0 Å². The Balaban J connectivity index is 1.57. The van der Waals surface area contributed by atoms with Gasteiger partial charge in [0.1, 0.15) is 0 Å². The van der Waals surface area contributed by atoms with E-state index in [2.05, 4.69) is 20.4 Å². The fourth-order valence-electron chi connectivity index (χ4n) is 3.39. The van der Waals surface area contributed by atoms with E-state index in [0.29, 0.717) is 28.2 Å². The van der Waals surface area contributed by atoms with Crippen molar-refractivity contribution in [2.75, 3.05) is 5.32 Å². The van der Waals surface area contributed by atoms with E-state index in [1.54, 1.807) is 26.1 Å². The van der Waals surface area contributed by atoms with Crippen molar-refractivity contribution in [2.24, 2.45) is 0 Å². The summed E-state index contributed by atoms with van der Waals surface area (Å²) in [5.41, 5.74) is 2.39. The summed E-state index contributed by atoms with van der Waals surface area (Å²) in [5, 5.41) is 8.16. The van der Waals surface area contributed by atoms with Gasteiger partial charge in [-0.25, -0.2) is 9.67 Å². The lowest BCUT2D eigenvalue weighted by Crippen LogP contribution is -2.16. The molecule has 0 bridgehead atoms. The lowest BCUT2D eigenvalue weighted by atomic mass is 10.1. The monoisotopic (exact) mass is 425 g/mol. The summed E-state index contributed by atoms with van der Waals surface area (Å²) < 4.78 is 39.8. The second-order valence-corrected chi connectivity index (χ2v) is 7.07. The number of carbonyl (C=O) groups is 1. The van der Waals surface area contributed by atoms with Gasteiger partial charge in [-0.15, -0.1) is 0 Å². The average molecular weight is 425 g/mol. The molecule has 9 heteroatoms. The molecule has 1 aromatic carbocycles. The fourth-order valence-corrected chi connectivity index (χ4v) is 3.39. The second kappa shape index (κ2) is 7.82. The second-order valence-electron chi connectivity index (χ2n) is 7.07. The van der Waals surface area contributed by atoms with Crippen LogP contribution < -0.4 is 5.32 Å². The van der Waals surface area contributed by atoms with Crippen molar-refractivity contribution in [3.8, 4) is 5.82 Å². The maximum atomic E-state index is 12.8. The van der Waals surface area contributed by atoms with Crippen LogP contribution in [0.15, 0.2) is 54.9 Å². The Morgan fingerprint density at radius 1 is 1.06 bits per heavy atom. The number of hydrogen-bond donors (Lipinski definition) is 1. The Hall–Kier alpha value is -3.75. The molecule has 0 aliphatic heterocycles. The molecule has 0 spiro atoms. The van der Waals surface area contributed by atoms with Crippen molar-refractivity contribution in [1.82, 2.24) is 19.7 Å². The zero-order chi connectivity index (χ0) is 22.2. The Morgan fingerprint density at radius 3 is 2.55 bits per heavy atom. The maximum absolute atomic E-state index is 12.8. The quantitative estimate of drug-likeness (QED) is 0.517. The van der Waals surface area contributed by atoms with E-state index in [1.165, 1.54) is 10.7 Å². The van der Waals surface area contributed by atoms with E-state index in [-0.39, 0.29) is 18.1 Å². The summed E-state index contributed by atoms with van der Waals surface area (Å²) in [6.07, 6.45) is -1.97. The molecule has 0 fully saturated rings. The van der Waals surface area contributed by atoms with Crippen LogP contribution in [-0.4, -0.2) is 25.7 Å². The number of alkyl halides is 3. The van der Waals surface area contributed by atoms with E-state index in [4.69, 9.17) is 0 Å². The fraction of sp³-hybridized carbons (Fsp3) is 0.182. The van der Waals surface area contributed by atoms with Gasteiger partial charge in [-0.1, -0.05) is 18.2 Å². The van der Waals surface area contributed by atoms with Crippen molar-refractivity contribution < 1.29 is 18.0 Å². The lowest BCUT2D eigenvalue weighted by molar-refractivity contribution is -0.137. The van der Waals surface area contributed by atoms with Crippen molar-refractivity contribution in [1.29, 1.82) is 0 Å². The van der Waals surface area contributed by atoms with Gasteiger partial charge in [-0.2, -0.15) is 18.3 Å². The van der Waals surface area contributed by atoms with Gasteiger partial charge in [0.2, 0.25) is 5.91 Å². The Morgan fingerprint density at radius 2 is 1.84 bits per heavy atom. The number of halogens is 3. The van der Waals surface area contributed by atoms with Gasteiger partial charge >= 0.3 is 6.18 Å². The molecule has 1 N–H and O–H groups in total. The van der Waals surface area contributed by atoms with Crippen molar-refractivity contribution in [3.63, 3.8) is 0 Å². The van der Waals surface area contributed by atoms with Crippen molar-refractivity contribution in [3.05, 3.63) is 77.4 Å². The Labute approximate surface area is 175 Å². The Bertz CT molecular complexity index is 1260. The SMILES string of the molecule is Cc1nn(-c2ccc(C(F)(F)F)cn2)c(C)c1CC(=O)Nc1cccc2cccnc12. The van der Waals surface area contributed by atoms with E-state index in [0.717, 1.165) is 17.6 Å². The molecule has 6 nitrogen and oxygen atoms in total. The van der Waals surface area contributed by atoms with Gasteiger partial charge in [0, 0.05) is 29.0 Å². The van der Waals surface area contributed by atoms with E-state index in [1.807, 2.05) is 24.3 Å². The number of aromatic nitrogens is 4. The third-order valence-corrected chi connectivity index (χ3v) is 4.98. The number of carbonyl (C=O) groups excluding carboxylic acids is 1. The van der Waals surface area contributed by atoms with Gasteiger partial charge < -0.3 is 5.32 Å². The molecule has 0 aliphatic carbocycles. The minimum Gasteiger partial charge on any atom is -0.324 e. The number of aryl methyl sites for hydroxylation is 1. The molecule has 0 unspecified atom stereocenters. The predicted octanol–water partition coefficient (Wildman–Crippen LogP) is 4.63. The highest BCUT2D eigenvalue weighted by Crippen LogP contribution is 2.29. The zero-order valence-electron chi connectivity index (χ0n) is 16.7. The standard InChI is InChI=1S/C22H18F3N5O/c1-13-17(11-20(31)28-18-7-3-5-15-6-4-10-26-21(15)18)14(2)30(29-13)19-9-8-16(12-27-19)22(23,24)25/h3-10,12H,11H2,1-2H3,(H,28,31). The average Bonchev–Trinajstić information content (AvgIpc) is 3.02. The summed E-state index contributed by atoms with van der Waals surface area (Å²) in [6.45, 7) is 3.50. The topological polar surface area (TPSA) is 72.7 Å². The number of fused-ring (bicyclic) bond motifs is 1. The number of nitrogens with one attached hydrogen (secondary N) is 1. The van der Waals surface area contributed by atoms with Crippen LogP contribution in [0.1, 0.15) is 22.5 Å². The number of rotatable bonds is 4. The normalized spacial score (nSPS) is 11.6. The third kappa shape index (κ3) is 4.11. The largest absolute Gasteiger partial charge is 0.417 e. The van der Waals surface area contributed by atoms with Crippen molar-refractivity contribution in [2.45, 2.75) is 26.4 Å². The van der Waals surface area contributed by atoms with Gasteiger partial charge in [0.15, 0.2) is 5.82 Å². The predicted molar refractivity (Wildman–Crippen MR) is 110 cm³/mol. The van der Waals surface area contributed by atoms with Gasteiger partial charge in [0.05, 0.1) is 28.9 Å².